The number of rotatable bonds is 12. The Labute approximate surface area is 174 Å². The van der Waals surface area contributed by atoms with Crippen molar-refractivity contribution in [3.8, 4) is 11.5 Å². The Morgan fingerprint density at radius 1 is 0.828 bits per heavy atom. The van der Waals surface area contributed by atoms with Crippen molar-refractivity contribution in [2.75, 3.05) is 13.2 Å². The summed E-state index contributed by atoms with van der Waals surface area (Å²) in [6, 6.07) is 16.0. The molecule has 0 radical (unpaired) electrons. The fourth-order valence-electron chi connectivity index (χ4n) is 2.83. The van der Waals surface area contributed by atoms with Crippen LogP contribution in [0.4, 0.5) is 0 Å². The number of hydrogen-bond acceptors (Lipinski definition) is 4. The fourth-order valence-corrected chi connectivity index (χ4v) is 2.83. The predicted molar refractivity (Wildman–Crippen MR) is 117 cm³/mol. The Balaban J connectivity index is 1.94. The number of carbonyl (C=O) groups is 1. The van der Waals surface area contributed by atoms with Crippen LogP contribution in [0.5, 0.6) is 11.5 Å². The molecule has 4 nitrogen and oxygen atoms in total. The molecule has 156 valence electrons. The normalized spacial score (nSPS) is 10.6. The van der Waals surface area contributed by atoms with Gasteiger partial charge in [-0.3, -0.25) is 0 Å². The molecule has 0 heterocycles. The zero-order valence-electron chi connectivity index (χ0n) is 17.8. The second-order valence-electron chi connectivity index (χ2n) is 7.22. The number of ether oxygens (including phenoxy) is 3. The van der Waals surface area contributed by atoms with E-state index in [-0.39, 0.29) is 13.2 Å². The molecule has 29 heavy (non-hydrogen) atoms. The van der Waals surface area contributed by atoms with E-state index in [9.17, 15) is 4.79 Å². The average molecular weight is 397 g/mol. The summed E-state index contributed by atoms with van der Waals surface area (Å²) in [5, 5.41) is 0. The number of benzene rings is 2. The van der Waals surface area contributed by atoms with Crippen molar-refractivity contribution < 1.29 is 19.0 Å². The van der Waals surface area contributed by atoms with Crippen molar-refractivity contribution in [1.82, 2.24) is 0 Å². The van der Waals surface area contributed by atoms with Gasteiger partial charge in [-0.05, 0) is 55.2 Å². The van der Waals surface area contributed by atoms with E-state index in [4.69, 9.17) is 14.2 Å². The predicted octanol–water partition coefficient (Wildman–Crippen LogP) is 5.54. The third kappa shape index (κ3) is 8.02. The highest BCUT2D eigenvalue weighted by Crippen LogP contribution is 2.16. The maximum absolute atomic E-state index is 12.0. The molecule has 0 atom stereocenters. The van der Waals surface area contributed by atoms with Gasteiger partial charge in [0.15, 0.2) is 6.10 Å². The zero-order chi connectivity index (χ0) is 21.1. The summed E-state index contributed by atoms with van der Waals surface area (Å²) in [5.74, 6) is 1.04. The third-order valence-corrected chi connectivity index (χ3v) is 4.42. The maximum Gasteiger partial charge on any atom is 0.333 e. The summed E-state index contributed by atoms with van der Waals surface area (Å²) >= 11 is 0. The van der Waals surface area contributed by atoms with Gasteiger partial charge in [-0.1, -0.05) is 57.5 Å². The molecule has 2 aromatic carbocycles. The van der Waals surface area contributed by atoms with Crippen LogP contribution >= 0.6 is 0 Å². The van der Waals surface area contributed by atoms with Gasteiger partial charge in [0.2, 0.25) is 0 Å². The van der Waals surface area contributed by atoms with Gasteiger partial charge < -0.3 is 14.2 Å². The van der Waals surface area contributed by atoms with Crippen LogP contribution < -0.4 is 9.47 Å². The smallest absolute Gasteiger partial charge is 0.333 e. The standard InChI is InChI=1S/C25H32O4/c1-5-7-20-9-13-22(14-10-20)27-17-24(29-25(26)19(3)4)18-28-23-15-11-21(8-6-2)12-16-23/h9-16,24H,3,5-8,17-18H2,1-2,4H3. The fraction of sp³-hybridized carbons (Fsp3) is 0.400. The molecule has 2 rings (SSSR count). The highest BCUT2D eigenvalue weighted by Gasteiger charge is 2.17. The molecule has 0 bridgehead atoms. The van der Waals surface area contributed by atoms with Gasteiger partial charge in [0, 0.05) is 5.57 Å². The summed E-state index contributed by atoms with van der Waals surface area (Å²) in [7, 11) is 0. The number of carbonyl (C=O) groups excluding carboxylic acids is 1. The quantitative estimate of drug-likeness (QED) is 0.349. The Morgan fingerprint density at radius 3 is 1.59 bits per heavy atom. The summed E-state index contributed by atoms with van der Waals surface area (Å²) in [4.78, 5) is 12.0. The molecule has 0 amide bonds. The average Bonchev–Trinajstić information content (AvgIpc) is 2.72. The first-order valence-corrected chi connectivity index (χ1v) is 10.3. The summed E-state index contributed by atoms with van der Waals surface area (Å²) in [5.41, 5.74) is 2.91. The lowest BCUT2D eigenvalue weighted by Gasteiger charge is -2.19. The van der Waals surface area contributed by atoms with E-state index in [1.165, 1.54) is 11.1 Å². The molecule has 0 spiro atoms. The summed E-state index contributed by atoms with van der Waals surface area (Å²) < 4.78 is 17.2. The first-order valence-electron chi connectivity index (χ1n) is 10.3. The molecule has 0 fully saturated rings. The summed E-state index contributed by atoms with van der Waals surface area (Å²) in [6.45, 7) is 9.99. The van der Waals surface area contributed by atoms with E-state index in [0.717, 1.165) is 37.2 Å². The molecule has 0 aliphatic rings. The Kier molecular flexibility index (Phi) is 9.29. The molecule has 0 N–H and O–H groups in total. The van der Waals surface area contributed by atoms with Crippen molar-refractivity contribution >= 4 is 5.97 Å². The molecule has 0 aromatic heterocycles. The summed E-state index contributed by atoms with van der Waals surface area (Å²) in [6.07, 6.45) is 3.77. The number of esters is 1. The molecule has 0 saturated heterocycles. The van der Waals surface area contributed by atoms with E-state index in [1.807, 2.05) is 24.3 Å². The topological polar surface area (TPSA) is 44.8 Å². The van der Waals surface area contributed by atoms with Gasteiger partial charge in [-0.25, -0.2) is 4.79 Å². The van der Waals surface area contributed by atoms with E-state index >= 15 is 0 Å². The van der Waals surface area contributed by atoms with Crippen LogP contribution in [-0.4, -0.2) is 25.3 Å². The van der Waals surface area contributed by atoms with Gasteiger partial charge in [0.05, 0.1) is 0 Å². The van der Waals surface area contributed by atoms with Gasteiger partial charge in [0.1, 0.15) is 24.7 Å². The van der Waals surface area contributed by atoms with Crippen molar-refractivity contribution in [3.05, 3.63) is 71.8 Å². The van der Waals surface area contributed by atoms with Crippen LogP contribution in [0.2, 0.25) is 0 Å². The van der Waals surface area contributed by atoms with Crippen LogP contribution in [0.15, 0.2) is 60.7 Å². The highest BCUT2D eigenvalue weighted by atomic mass is 16.6. The lowest BCUT2D eigenvalue weighted by molar-refractivity contribution is -0.147. The highest BCUT2D eigenvalue weighted by molar-refractivity contribution is 5.87. The van der Waals surface area contributed by atoms with E-state index in [1.54, 1.807) is 6.92 Å². The van der Waals surface area contributed by atoms with Crippen LogP contribution in [0.3, 0.4) is 0 Å². The zero-order valence-corrected chi connectivity index (χ0v) is 17.8. The van der Waals surface area contributed by atoms with Gasteiger partial charge in [-0.2, -0.15) is 0 Å². The molecular formula is C25H32O4. The molecule has 0 unspecified atom stereocenters. The van der Waals surface area contributed by atoms with Crippen LogP contribution in [0.25, 0.3) is 0 Å². The van der Waals surface area contributed by atoms with Crippen LogP contribution in [-0.2, 0) is 22.4 Å². The van der Waals surface area contributed by atoms with Crippen LogP contribution in [0, 0.1) is 0 Å². The number of hydrogen-bond donors (Lipinski definition) is 0. The second-order valence-corrected chi connectivity index (χ2v) is 7.22. The van der Waals surface area contributed by atoms with Crippen molar-refractivity contribution in [2.24, 2.45) is 0 Å². The van der Waals surface area contributed by atoms with Crippen LogP contribution in [0.1, 0.15) is 44.7 Å². The van der Waals surface area contributed by atoms with Crippen molar-refractivity contribution in [2.45, 2.75) is 52.6 Å². The van der Waals surface area contributed by atoms with E-state index in [2.05, 4.69) is 44.7 Å². The molecule has 0 aliphatic heterocycles. The second kappa shape index (κ2) is 11.9. The molecule has 0 saturated carbocycles. The van der Waals surface area contributed by atoms with Gasteiger partial charge >= 0.3 is 5.97 Å². The van der Waals surface area contributed by atoms with Gasteiger partial charge in [-0.15, -0.1) is 0 Å². The largest absolute Gasteiger partial charge is 0.490 e. The Bertz CT molecular complexity index is 709. The van der Waals surface area contributed by atoms with Crippen molar-refractivity contribution in [1.29, 1.82) is 0 Å². The SMILES string of the molecule is C=C(C)C(=O)OC(COc1ccc(CCC)cc1)COc1ccc(CCC)cc1. The Hall–Kier alpha value is -2.75. The monoisotopic (exact) mass is 396 g/mol. The Morgan fingerprint density at radius 2 is 1.24 bits per heavy atom. The lowest BCUT2D eigenvalue weighted by Crippen LogP contribution is -2.31. The minimum Gasteiger partial charge on any atom is -0.490 e. The minimum absolute atomic E-state index is 0.208. The molecule has 0 aliphatic carbocycles. The molecule has 2 aromatic rings. The molecular weight excluding hydrogens is 364 g/mol. The third-order valence-electron chi connectivity index (χ3n) is 4.42. The van der Waals surface area contributed by atoms with E-state index < -0.39 is 12.1 Å². The minimum atomic E-state index is -0.537. The first kappa shape index (κ1) is 22.5. The lowest BCUT2D eigenvalue weighted by atomic mass is 10.1. The molecule has 4 heteroatoms. The van der Waals surface area contributed by atoms with Gasteiger partial charge in [0.25, 0.3) is 0 Å². The first-order chi connectivity index (χ1) is 14.0. The van der Waals surface area contributed by atoms with E-state index in [0.29, 0.717) is 5.57 Å². The van der Waals surface area contributed by atoms with Crippen molar-refractivity contribution in [3.63, 3.8) is 0 Å². The maximum atomic E-state index is 12.0. The number of aryl methyl sites for hydroxylation is 2.